The Morgan fingerprint density at radius 3 is 2.76 bits per heavy atom. The van der Waals surface area contributed by atoms with Crippen molar-refractivity contribution in [3.05, 3.63) is 29.8 Å². The first kappa shape index (κ1) is 16.2. The lowest BCUT2D eigenvalue weighted by Gasteiger charge is -2.18. The first-order valence-corrected chi connectivity index (χ1v) is 8.12. The third kappa shape index (κ3) is 4.40. The molecule has 1 saturated carbocycles. The van der Waals surface area contributed by atoms with Crippen LogP contribution in [0.2, 0.25) is 0 Å². The number of hydrogen-bond acceptors (Lipinski definition) is 2. The van der Waals surface area contributed by atoms with Crippen LogP contribution in [0, 0.1) is 11.8 Å². The summed E-state index contributed by atoms with van der Waals surface area (Å²) in [6, 6.07) is 6.05. The van der Waals surface area contributed by atoms with Crippen LogP contribution in [0.1, 0.15) is 29.6 Å². The van der Waals surface area contributed by atoms with Gasteiger partial charge in [-0.25, -0.2) is 0 Å². The SMILES string of the molecule is O=C(NCC1CCCC1CBr)c1ccccc1OC(F)F. The lowest BCUT2D eigenvalue weighted by molar-refractivity contribution is -0.0501. The van der Waals surface area contributed by atoms with Crippen molar-refractivity contribution >= 4 is 21.8 Å². The van der Waals surface area contributed by atoms with Crippen LogP contribution in [0.4, 0.5) is 8.78 Å². The Bertz CT molecular complexity index is 484. The van der Waals surface area contributed by atoms with Gasteiger partial charge >= 0.3 is 6.61 Å². The minimum absolute atomic E-state index is 0.0894. The van der Waals surface area contributed by atoms with E-state index in [0.717, 1.165) is 18.2 Å². The molecule has 0 saturated heterocycles. The summed E-state index contributed by atoms with van der Waals surface area (Å²) >= 11 is 3.49. The van der Waals surface area contributed by atoms with E-state index in [2.05, 4.69) is 26.0 Å². The summed E-state index contributed by atoms with van der Waals surface area (Å²) < 4.78 is 29.0. The van der Waals surface area contributed by atoms with E-state index in [9.17, 15) is 13.6 Å². The van der Waals surface area contributed by atoms with Gasteiger partial charge in [0, 0.05) is 11.9 Å². The Morgan fingerprint density at radius 2 is 2.05 bits per heavy atom. The van der Waals surface area contributed by atoms with Gasteiger partial charge in [-0.3, -0.25) is 4.79 Å². The Labute approximate surface area is 131 Å². The van der Waals surface area contributed by atoms with Crippen LogP contribution in [0.5, 0.6) is 5.75 Å². The molecule has 0 aliphatic heterocycles. The van der Waals surface area contributed by atoms with Crippen molar-refractivity contribution in [3.63, 3.8) is 0 Å². The fraction of sp³-hybridized carbons (Fsp3) is 0.533. The quantitative estimate of drug-likeness (QED) is 0.782. The molecule has 0 radical (unpaired) electrons. The van der Waals surface area contributed by atoms with Crippen molar-refractivity contribution < 1.29 is 18.3 Å². The molecule has 116 valence electrons. The van der Waals surface area contributed by atoms with E-state index in [1.165, 1.54) is 18.6 Å². The number of carbonyl (C=O) groups excluding carboxylic acids is 1. The maximum absolute atomic E-state index is 12.3. The largest absolute Gasteiger partial charge is 0.434 e. The molecule has 0 bridgehead atoms. The zero-order chi connectivity index (χ0) is 15.2. The summed E-state index contributed by atoms with van der Waals surface area (Å²) in [4.78, 5) is 12.2. The Hall–Kier alpha value is -1.17. The summed E-state index contributed by atoms with van der Waals surface area (Å²) in [5.41, 5.74) is 0.145. The molecule has 21 heavy (non-hydrogen) atoms. The number of nitrogens with one attached hydrogen (secondary N) is 1. The molecule has 1 N–H and O–H groups in total. The second-order valence-corrected chi connectivity index (χ2v) is 5.84. The van der Waals surface area contributed by atoms with Gasteiger partial charge in [0.15, 0.2) is 0 Å². The summed E-state index contributed by atoms with van der Waals surface area (Å²) in [5.74, 6) is 0.550. The molecule has 2 atom stereocenters. The van der Waals surface area contributed by atoms with Gasteiger partial charge in [-0.05, 0) is 36.8 Å². The minimum atomic E-state index is -2.94. The van der Waals surface area contributed by atoms with E-state index in [0.29, 0.717) is 18.4 Å². The van der Waals surface area contributed by atoms with E-state index in [1.54, 1.807) is 12.1 Å². The highest BCUT2D eigenvalue weighted by Crippen LogP contribution is 2.32. The first-order chi connectivity index (χ1) is 10.1. The van der Waals surface area contributed by atoms with E-state index in [4.69, 9.17) is 0 Å². The normalized spacial score (nSPS) is 21.5. The maximum atomic E-state index is 12.3. The number of para-hydroxylation sites is 1. The molecule has 1 aliphatic carbocycles. The van der Waals surface area contributed by atoms with Crippen LogP contribution < -0.4 is 10.1 Å². The summed E-state index contributed by atoms with van der Waals surface area (Å²) in [6.07, 6.45) is 3.42. The number of rotatable bonds is 6. The van der Waals surface area contributed by atoms with E-state index in [-0.39, 0.29) is 17.2 Å². The molecule has 1 aliphatic rings. The monoisotopic (exact) mass is 361 g/mol. The van der Waals surface area contributed by atoms with Crippen molar-refractivity contribution in [2.24, 2.45) is 11.8 Å². The predicted molar refractivity (Wildman–Crippen MR) is 80.0 cm³/mol. The lowest BCUT2D eigenvalue weighted by atomic mass is 9.98. The molecule has 0 heterocycles. The average Bonchev–Trinajstić information content (AvgIpc) is 2.92. The second-order valence-electron chi connectivity index (χ2n) is 5.19. The van der Waals surface area contributed by atoms with Crippen molar-refractivity contribution in [3.8, 4) is 5.75 Å². The van der Waals surface area contributed by atoms with Gasteiger partial charge in [0.25, 0.3) is 5.91 Å². The zero-order valence-electron chi connectivity index (χ0n) is 11.5. The molecule has 0 spiro atoms. The highest BCUT2D eigenvalue weighted by atomic mass is 79.9. The second kappa shape index (κ2) is 7.73. The summed E-state index contributed by atoms with van der Waals surface area (Å²) in [6.45, 7) is -2.37. The standard InChI is InChI=1S/C15H18BrF2NO2/c16-8-10-4-3-5-11(10)9-19-14(20)12-6-1-2-7-13(12)21-15(17)18/h1-2,6-7,10-11,15H,3-5,8-9H2,(H,19,20). The number of carbonyl (C=O) groups is 1. The van der Waals surface area contributed by atoms with Crippen molar-refractivity contribution in [2.45, 2.75) is 25.9 Å². The molecule has 6 heteroatoms. The molecular weight excluding hydrogens is 344 g/mol. The van der Waals surface area contributed by atoms with Gasteiger partial charge in [0.2, 0.25) is 0 Å². The minimum Gasteiger partial charge on any atom is -0.434 e. The fourth-order valence-corrected chi connectivity index (χ4v) is 3.61. The average molecular weight is 362 g/mol. The van der Waals surface area contributed by atoms with Crippen molar-refractivity contribution in [2.75, 3.05) is 11.9 Å². The Balaban J connectivity index is 1.97. The van der Waals surface area contributed by atoms with E-state index < -0.39 is 6.61 Å². The van der Waals surface area contributed by atoms with Crippen molar-refractivity contribution in [1.82, 2.24) is 5.32 Å². The smallest absolute Gasteiger partial charge is 0.387 e. The number of benzene rings is 1. The highest BCUT2D eigenvalue weighted by molar-refractivity contribution is 9.09. The molecule has 2 unspecified atom stereocenters. The van der Waals surface area contributed by atoms with Crippen LogP contribution in [-0.2, 0) is 0 Å². The van der Waals surface area contributed by atoms with Gasteiger partial charge in [-0.2, -0.15) is 8.78 Å². The van der Waals surface area contributed by atoms with E-state index in [1.807, 2.05) is 0 Å². The van der Waals surface area contributed by atoms with Gasteiger partial charge in [-0.1, -0.05) is 34.5 Å². The number of ether oxygens (including phenoxy) is 1. The molecular formula is C15H18BrF2NO2. The summed E-state index contributed by atoms with van der Waals surface area (Å²) in [7, 11) is 0. The maximum Gasteiger partial charge on any atom is 0.387 e. The topological polar surface area (TPSA) is 38.3 Å². The zero-order valence-corrected chi connectivity index (χ0v) is 13.1. The molecule has 1 fully saturated rings. The van der Waals surface area contributed by atoms with Gasteiger partial charge < -0.3 is 10.1 Å². The Kier molecular flexibility index (Phi) is 5.96. The van der Waals surface area contributed by atoms with Crippen LogP contribution >= 0.6 is 15.9 Å². The number of hydrogen-bond donors (Lipinski definition) is 1. The molecule has 2 rings (SSSR count). The molecule has 1 aromatic rings. The number of halogens is 3. The lowest BCUT2D eigenvalue weighted by Crippen LogP contribution is -2.31. The van der Waals surface area contributed by atoms with Crippen LogP contribution in [0.3, 0.4) is 0 Å². The van der Waals surface area contributed by atoms with Gasteiger partial charge in [0.1, 0.15) is 5.75 Å². The van der Waals surface area contributed by atoms with Crippen LogP contribution in [0.15, 0.2) is 24.3 Å². The van der Waals surface area contributed by atoms with Gasteiger partial charge in [0.05, 0.1) is 5.56 Å². The molecule has 1 amide bonds. The molecule has 3 nitrogen and oxygen atoms in total. The number of alkyl halides is 3. The van der Waals surface area contributed by atoms with Crippen molar-refractivity contribution in [1.29, 1.82) is 0 Å². The molecule has 1 aromatic carbocycles. The number of amides is 1. The summed E-state index contributed by atoms with van der Waals surface area (Å²) in [5, 5.41) is 3.76. The third-order valence-corrected chi connectivity index (χ3v) is 4.72. The first-order valence-electron chi connectivity index (χ1n) is 6.99. The highest BCUT2D eigenvalue weighted by Gasteiger charge is 2.27. The molecule has 0 aromatic heterocycles. The third-order valence-electron chi connectivity index (χ3n) is 3.89. The van der Waals surface area contributed by atoms with Crippen LogP contribution in [0.25, 0.3) is 0 Å². The fourth-order valence-electron chi connectivity index (χ4n) is 2.76. The van der Waals surface area contributed by atoms with Crippen LogP contribution in [-0.4, -0.2) is 24.4 Å². The van der Waals surface area contributed by atoms with Gasteiger partial charge in [-0.15, -0.1) is 0 Å². The Morgan fingerprint density at radius 1 is 1.33 bits per heavy atom. The predicted octanol–water partition coefficient (Wildman–Crippen LogP) is 3.83. The van der Waals surface area contributed by atoms with E-state index >= 15 is 0 Å².